The van der Waals surface area contributed by atoms with Gasteiger partial charge < -0.3 is 19.7 Å². The summed E-state index contributed by atoms with van der Waals surface area (Å²) in [6, 6.07) is 21.0. The highest BCUT2D eigenvalue weighted by molar-refractivity contribution is 5.82. The highest BCUT2D eigenvalue weighted by Crippen LogP contribution is 2.33. The monoisotopic (exact) mass is 618 g/mol. The number of carbonyl (C=O) groups is 2. The van der Waals surface area contributed by atoms with Crippen molar-refractivity contribution in [2.24, 2.45) is 0 Å². The van der Waals surface area contributed by atoms with Crippen molar-refractivity contribution in [2.45, 2.75) is 13.1 Å². The van der Waals surface area contributed by atoms with Crippen molar-refractivity contribution in [3.8, 4) is 56.3 Å². The van der Waals surface area contributed by atoms with E-state index in [1.807, 2.05) is 24.3 Å². The minimum absolute atomic E-state index is 0.0117. The Hall–Kier alpha value is -6.30. The van der Waals surface area contributed by atoms with Crippen molar-refractivity contribution in [1.29, 1.82) is 0 Å². The normalized spacial score (nSPS) is 10.5. The zero-order valence-corrected chi connectivity index (χ0v) is 25.0. The van der Waals surface area contributed by atoms with Crippen LogP contribution in [-0.2, 0) is 32.2 Å². The number of hydrogen-bond acceptors (Lipinski definition) is 10. The van der Waals surface area contributed by atoms with Crippen molar-refractivity contribution in [1.82, 2.24) is 29.5 Å². The molecular weight excluding hydrogens is 588 g/mol. The summed E-state index contributed by atoms with van der Waals surface area (Å²) in [7, 11) is 2.69. The molecule has 0 amide bonds. The summed E-state index contributed by atoms with van der Waals surface area (Å²) >= 11 is 0. The Balaban J connectivity index is 0.000000181. The largest absolute Gasteiger partial charge is 0.508 e. The molecule has 0 unspecified atom stereocenters. The zero-order chi connectivity index (χ0) is 32.5. The molecule has 6 aromatic rings. The Kier molecular flexibility index (Phi) is 9.78. The molecule has 2 N–H and O–H groups in total. The van der Waals surface area contributed by atoms with Crippen LogP contribution in [0.2, 0.25) is 0 Å². The van der Waals surface area contributed by atoms with E-state index >= 15 is 0 Å². The smallest absolute Gasteiger partial charge is 0.327 e. The second kappa shape index (κ2) is 14.4. The molecule has 0 aliphatic carbocycles. The number of aromatic hydroxyl groups is 2. The summed E-state index contributed by atoms with van der Waals surface area (Å²) in [6.07, 6.45) is 10.3. The molecule has 12 heteroatoms. The number of carbonyl (C=O) groups excluding carboxylic acids is 2. The lowest BCUT2D eigenvalue weighted by molar-refractivity contribution is -0.142. The number of esters is 2. The van der Waals surface area contributed by atoms with Crippen molar-refractivity contribution in [3.63, 3.8) is 0 Å². The van der Waals surface area contributed by atoms with Crippen LogP contribution in [0.5, 0.6) is 11.5 Å². The number of rotatable bonds is 8. The molecule has 0 bridgehead atoms. The van der Waals surface area contributed by atoms with Gasteiger partial charge >= 0.3 is 11.9 Å². The fourth-order valence-corrected chi connectivity index (χ4v) is 4.63. The van der Waals surface area contributed by atoms with Gasteiger partial charge in [0.25, 0.3) is 0 Å². The van der Waals surface area contributed by atoms with E-state index in [1.165, 1.54) is 14.2 Å². The number of phenolic OH excluding ortho intramolecular Hbond substituents is 2. The minimum Gasteiger partial charge on any atom is -0.508 e. The number of methoxy groups -OCH3 is 2. The third-order valence-electron chi connectivity index (χ3n) is 6.89. The van der Waals surface area contributed by atoms with Crippen LogP contribution in [0.4, 0.5) is 0 Å². The molecule has 6 rings (SSSR count). The fraction of sp³-hybridized carbons (Fsp3) is 0.118. The summed E-state index contributed by atoms with van der Waals surface area (Å²) in [4.78, 5) is 31.2. The van der Waals surface area contributed by atoms with Gasteiger partial charge in [-0.25, -0.2) is 0 Å². The van der Waals surface area contributed by atoms with Crippen LogP contribution in [-0.4, -0.2) is 65.9 Å². The lowest BCUT2D eigenvalue weighted by atomic mass is 10.0. The molecule has 0 fully saturated rings. The third kappa shape index (κ3) is 7.42. The van der Waals surface area contributed by atoms with E-state index in [-0.39, 0.29) is 36.5 Å². The van der Waals surface area contributed by atoms with Gasteiger partial charge in [-0.1, -0.05) is 0 Å². The summed E-state index contributed by atoms with van der Waals surface area (Å²) in [6.45, 7) is 0.0461. The lowest BCUT2D eigenvalue weighted by Gasteiger charge is -2.09. The van der Waals surface area contributed by atoms with E-state index in [4.69, 9.17) is 4.74 Å². The van der Waals surface area contributed by atoms with Crippen LogP contribution in [0.1, 0.15) is 0 Å². The second-order valence-corrected chi connectivity index (χ2v) is 9.87. The van der Waals surface area contributed by atoms with Crippen LogP contribution in [0, 0.1) is 0 Å². The number of ether oxygens (including phenoxy) is 2. The van der Waals surface area contributed by atoms with Crippen LogP contribution < -0.4 is 0 Å². The van der Waals surface area contributed by atoms with Gasteiger partial charge in [0, 0.05) is 53.2 Å². The van der Waals surface area contributed by atoms with E-state index < -0.39 is 0 Å². The molecule has 46 heavy (non-hydrogen) atoms. The zero-order valence-electron chi connectivity index (χ0n) is 25.0. The Morgan fingerprint density at radius 1 is 0.652 bits per heavy atom. The van der Waals surface area contributed by atoms with Crippen molar-refractivity contribution in [3.05, 3.63) is 110 Å². The molecule has 12 nitrogen and oxygen atoms in total. The quantitative estimate of drug-likeness (QED) is 0.223. The molecule has 0 atom stereocenters. The predicted octanol–water partition coefficient (Wildman–Crippen LogP) is 4.98. The van der Waals surface area contributed by atoms with Gasteiger partial charge in [0.05, 0.1) is 26.1 Å². The summed E-state index contributed by atoms with van der Waals surface area (Å²) in [5.41, 5.74) is 6.83. The van der Waals surface area contributed by atoms with Crippen molar-refractivity contribution in [2.75, 3.05) is 14.2 Å². The number of pyridine rings is 2. The first kappa shape index (κ1) is 31.1. The Bertz CT molecular complexity index is 1870. The van der Waals surface area contributed by atoms with Crippen molar-refractivity contribution < 1.29 is 29.3 Å². The fourth-order valence-electron chi connectivity index (χ4n) is 4.63. The summed E-state index contributed by atoms with van der Waals surface area (Å²) in [5.74, 6) is -0.383. The van der Waals surface area contributed by atoms with Gasteiger partial charge in [0.2, 0.25) is 0 Å². The molecule has 232 valence electrons. The SMILES string of the molecule is COC(=O)Cn1cc(-c2ccncc2)c(-c2ccc(O)cc2)n1.COC(=O)Cn1ncc(-c2ccncc2)c1-c1ccc(O)cc1. The predicted molar refractivity (Wildman–Crippen MR) is 169 cm³/mol. The first-order valence-electron chi connectivity index (χ1n) is 14.0. The second-order valence-electron chi connectivity index (χ2n) is 9.87. The number of hydrogen-bond donors (Lipinski definition) is 2. The van der Waals surface area contributed by atoms with E-state index in [2.05, 4.69) is 24.9 Å². The minimum atomic E-state index is -0.380. The topological polar surface area (TPSA) is 154 Å². The maximum Gasteiger partial charge on any atom is 0.327 e. The maximum absolute atomic E-state index is 11.6. The van der Waals surface area contributed by atoms with Crippen LogP contribution in [0.25, 0.3) is 44.8 Å². The van der Waals surface area contributed by atoms with E-state index in [1.54, 1.807) is 95.1 Å². The van der Waals surface area contributed by atoms with E-state index in [9.17, 15) is 19.8 Å². The van der Waals surface area contributed by atoms with Crippen molar-refractivity contribution >= 4 is 11.9 Å². The first-order chi connectivity index (χ1) is 22.4. The highest BCUT2D eigenvalue weighted by Gasteiger charge is 2.17. The Morgan fingerprint density at radius 2 is 1.15 bits per heavy atom. The first-order valence-corrected chi connectivity index (χ1v) is 14.0. The molecule has 0 aliphatic rings. The molecule has 0 spiro atoms. The van der Waals surface area contributed by atoms with Gasteiger partial charge in [-0.3, -0.25) is 28.9 Å². The molecule has 2 aromatic carbocycles. The average Bonchev–Trinajstić information content (AvgIpc) is 3.71. The molecule has 4 heterocycles. The molecular formula is C34H30N6O6. The Labute approximate surface area is 264 Å². The summed E-state index contributed by atoms with van der Waals surface area (Å²) < 4.78 is 12.6. The summed E-state index contributed by atoms with van der Waals surface area (Å²) in [5, 5.41) is 27.7. The highest BCUT2D eigenvalue weighted by atomic mass is 16.5. The number of benzene rings is 2. The van der Waals surface area contributed by atoms with Gasteiger partial charge in [-0.2, -0.15) is 10.2 Å². The number of phenols is 2. The number of nitrogens with zero attached hydrogens (tertiary/aromatic N) is 6. The maximum atomic E-state index is 11.6. The molecule has 0 saturated carbocycles. The molecule has 4 aromatic heterocycles. The van der Waals surface area contributed by atoms with Gasteiger partial charge in [-0.05, 0) is 83.9 Å². The van der Waals surface area contributed by atoms with Crippen LogP contribution in [0.3, 0.4) is 0 Å². The Morgan fingerprint density at radius 3 is 1.70 bits per heavy atom. The van der Waals surface area contributed by atoms with Crippen LogP contribution in [0.15, 0.2) is 110 Å². The molecule has 0 saturated heterocycles. The standard InChI is InChI=1S/2C17H15N3O3/c1-23-16(22)11-20-10-15(12-6-8-18-9-7-12)17(19-20)13-2-4-14(21)5-3-13;1-23-16(22)11-20-17(13-2-4-14(21)5-3-13)15(10-19-20)12-6-8-18-9-7-12/h2*2-10,21H,11H2,1H3. The third-order valence-corrected chi connectivity index (χ3v) is 6.89. The molecule has 0 aliphatic heterocycles. The number of aromatic nitrogens is 6. The van der Waals surface area contributed by atoms with Gasteiger partial charge in [0.1, 0.15) is 30.3 Å². The average molecular weight is 619 g/mol. The van der Waals surface area contributed by atoms with E-state index in [0.29, 0.717) is 0 Å². The van der Waals surface area contributed by atoms with Crippen LogP contribution >= 0.6 is 0 Å². The lowest BCUT2D eigenvalue weighted by Crippen LogP contribution is -2.13. The van der Waals surface area contributed by atoms with E-state index in [0.717, 1.165) is 44.8 Å². The van der Waals surface area contributed by atoms with Gasteiger partial charge in [0.15, 0.2) is 0 Å². The molecule has 0 radical (unpaired) electrons. The van der Waals surface area contributed by atoms with Gasteiger partial charge in [-0.15, -0.1) is 0 Å².